The summed E-state index contributed by atoms with van der Waals surface area (Å²) in [5, 5.41) is 12.7. The SMILES string of the molecule is O=C(Cn1cncn1)N1CCN(c2ccc(N3CCOCC3)nn2)CC1. The highest BCUT2D eigenvalue weighted by Crippen LogP contribution is 2.17. The standard InChI is InChI=1S/C16H22N8O2/c25-16(11-24-13-17-12-18-24)23-5-3-21(4-6-23)14-1-2-15(20-19-14)22-7-9-26-10-8-22/h1-2,12-13H,3-11H2. The molecular weight excluding hydrogens is 336 g/mol. The van der Waals surface area contributed by atoms with Crippen molar-refractivity contribution in [3.63, 3.8) is 0 Å². The first kappa shape index (κ1) is 16.7. The fraction of sp³-hybridized carbons (Fsp3) is 0.562. The molecule has 0 aromatic carbocycles. The number of aromatic nitrogens is 5. The molecule has 2 saturated heterocycles. The van der Waals surface area contributed by atoms with Crippen molar-refractivity contribution in [2.45, 2.75) is 6.54 Å². The van der Waals surface area contributed by atoms with E-state index >= 15 is 0 Å². The number of nitrogens with zero attached hydrogens (tertiary/aromatic N) is 8. The van der Waals surface area contributed by atoms with Gasteiger partial charge in [0.1, 0.15) is 19.2 Å². The summed E-state index contributed by atoms with van der Waals surface area (Å²) in [6.07, 6.45) is 2.99. The molecule has 0 unspecified atom stereocenters. The fourth-order valence-electron chi connectivity index (χ4n) is 3.19. The molecule has 2 aliphatic heterocycles. The fourth-order valence-corrected chi connectivity index (χ4v) is 3.19. The van der Waals surface area contributed by atoms with E-state index in [2.05, 4.69) is 30.1 Å². The lowest BCUT2D eigenvalue weighted by Crippen LogP contribution is -2.50. The highest BCUT2D eigenvalue weighted by atomic mass is 16.5. The number of ether oxygens (including phenoxy) is 1. The van der Waals surface area contributed by atoms with Crippen molar-refractivity contribution < 1.29 is 9.53 Å². The average molecular weight is 358 g/mol. The van der Waals surface area contributed by atoms with Crippen molar-refractivity contribution in [2.24, 2.45) is 0 Å². The van der Waals surface area contributed by atoms with Gasteiger partial charge in [-0.2, -0.15) is 5.10 Å². The summed E-state index contributed by atoms with van der Waals surface area (Å²) in [4.78, 5) is 22.4. The monoisotopic (exact) mass is 358 g/mol. The Kier molecular flexibility index (Phi) is 4.91. The van der Waals surface area contributed by atoms with Crippen LogP contribution in [0.5, 0.6) is 0 Å². The van der Waals surface area contributed by atoms with E-state index in [1.165, 1.54) is 6.33 Å². The van der Waals surface area contributed by atoms with Gasteiger partial charge in [-0.05, 0) is 12.1 Å². The van der Waals surface area contributed by atoms with Gasteiger partial charge < -0.3 is 19.4 Å². The molecule has 1 amide bonds. The molecule has 4 rings (SSSR count). The molecule has 0 saturated carbocycles. The van der Waals surface area contributed by atoms with Gasteiger partial charge in [0.2, 0.25) is 5.91 Å². The first-order valence-electron chi connectivity index (χ1n) is 8.81. The van der Waals surface area contributed by atoms with Crippen LogP contribution in [0.25, 0.3) is 0 Å². The predicted molar refractivity (Wildman–Crippen MR) is 93.9 cm³/mol. The first-order valence-corrected chi connectivity index (χ1v) is 8.81. The molecule has 0 bridgehead atoms. The highest BCUT2D eigenvalue weighted by molar-refractivity contribution is 5.76. The number of rotatable bonds is 4. The molecule has 4 heterocycles. The Morgan fingerprint density at radius 2 is 1.62 bits per heavy atom. The molecule has 10 heteroatoms. The van der Waals surface area contributed by atoms with E-state index in [0.29, 0.717) is 13.1 Å². The Labute approximate surface area is 151 Å². The Balaban J connectivity index is 1.30. The van der Waals surface area contributed by atoms with Crippen molar-refractivity contribution in [3.8, 4) is 0 Å². The van der Waals surface area contributed by atoms with Crippen molar-refractivity contribution in [3.05, 3.63) is 24.8 Å². The predicted octanol–water partition coefficient (Wildman–Crippen LogP) is -0.746. The van der Waals surface area contributed by atoms with E-state index in [4.69, 9.17) is 4.74 Å². The Morgan fingerprint density at radius 1 is 0.962 bits per heavy atom. The lowest BCUT2D eigenvalue weighted by molar-refractivity contribution is -0.132. The second-order valence-electron chi connectivity index (χ2n) is 6.31. The van der Waals surface area contributed by atoms with E-state index < -0.39 is 0 Å². The third kappa shape index (κ3) is 3.74. The molecule has 0 atom stereocenters. The van der Waals surface area contributed by atoms with Gasteiger partial charge >= 0.3 is 0 Å². The molecule has 0 N–H and O–H groups in total. The summed E-state index contributed by atoms with van der Waals surface area (Å²) in [5.41, 5.74) is 0. The second kappa shape index (κ2) is 7.65. The topological polar surface area (TPSA) is 92.5 Å². The molecule has 2 aromatic heterocycles. The van der Waals surface area contributed by atoms with E-state index in [-0.39, 0.29) is 12.5 Å². The molecular formula is C16H22N8O2. The summed E-state index contributed by atoms with van der Waals surface area (Å²) < 4.78 is 6.91. The third-order valence-electron chi connectivity index (χ3n) is 4.69. The maximum atomic E-state index is 12.3. The zero-order valence-electron chi connectivity index (χ0n) is 14.6. The van der Waals surface area contributed by atoms with Crippen LogP contribution in [0.4, 0.5) is 11.6 Å². The molecule has 0 aliphatic carbocycles. The minimum atomic E-state index is 0.0592. The summed E-state index contributed by atoms with van der Waals surface area (Å²) in [5.74, 6) is 1.80. The van der Waals surface area contributed by atoms with E-state index in [0.717, 1.165) is 51.0 Å². The largest absolute Gasteiger partial charge is 0.378 e. The van der Waals surface area contributed by atoms with Crippen molar-refractivity contribution in [1.82, 2.24) is 29.9 Å². The van der Waals surface area contributed by atoms with Crippen LogP contribution in [-0.2, 0) is 16.1 Å². The van der Waals surface area contributed by atoms with Crippen LogP contribution in [0.1, 0.15) is 0 Å². The minimum absolute atomic E-state index is 0.0592. The van der Waals surface area contributed by atoms with Gasteiger partial charge in [-0.25, -0.2) is 9.67 Å². The van der Waals surface area contributed by atoms with E-state index in [9.17, 15) is 4.79 Å². The average Bonchev–Trinajstić information content (AvgIpc) is 3.22. The number of hydrogen-bond acceptors (Lipinski definition) is 8. The number of amides is 1. The van der Waals surface area contributed by atoms with Crippen molar-refractivity contribution in [1.29, 1.82) is 0 Å². The van der Waals surface area contributed by atoms with Crippen LogP contribution in [0.15, 0.2) is 24.8 Å². The number of carbonyl (C=O) groups is 1. The van der Waals surface area contributed by atoms with Gasteiger partial charge in [0, 0.05) is 39.3 Å². The molecule has 2 aromatic rings. The maximum Gasteiger partial charge on any atom is 0.244 e. The smallest absolute Gasteiger partial charge is 0.244 e. The number of morpholine rings is 1. The van der Waals surface area contributed by atoms with Gasteiger partial charge in [0.15, 0.2) is 11.6 Å². The van der Waals surface area contributed by atoms with Gasteiger partial charge in [-0.3, -0.25) is 4.79 Å². The Hall–Kier alpha value is -2.75. The summed E-state index contributed by atoms with van der Waals surface area (Å²) in [6.45, 7) is 6.21. The summed E-state index contributed by atoms with van der Waals surface area (Å²) >= 11 is 0. The van der Waals surface area contributed by atoms with Crippen LogP contribution in [0, 0.1) is 0 Å². The summed E-state index contributed by atoms with van der Waals surface area (Å²) in [7, 11) is 0. The lowest BCUT2D eigenvalue weighted by Gasteiger charge is -2.35. The number of piperazine rings is 1. The van der Waals surface area contributed by atoms with Gasteiger partial charge in [0.05, 0.1) is 13.2 Å². The molecule has 0 spiro atoms. The summed E-state index contributed by atoms with van der Waals surface area (Å²) in [6, 6.07) is 4.01. The normalized spacial score (nSPS) is 18.2. The first-order chi connectivity index (χ1) is 12.8. The third-order valence-corrected chi connectivity index (χ3v) is 4.69. The molecule has 0 radical (unpaired) electrons. The van der Waals surface area contributed by atoms with Crippen LogP contribution in [0.3, 0.4) is 0 Å². The minimum Gasteiger partial charge on any atom is -0.378 e. The van der Waals surface area contributed by atoms with Crippen molar-refractivity contribution in [2.75, 3.05) is 62.3 Å². The van der Waals surface area contributed by atoms with Crippen molar-refractivity contribution >= 4 is 17.5 Å². The highest BCUT2D eigenvalue weighted by Gasteiger charge is 2.23. The molecule has 2 fully saturated rings. The zero-order chi connectivity index (χ0) is 17.8. The molecule has 138 valence electrons. The van der Waals surface area contributed by atoms with Gasteiger partial charge in [0.25, 0.3) is 0 Å². The Morgan fingerprint density at radius 3 is 2.19 bits per heavy atom. The lowest BCUT2D eigenvalue weighted by atomic mass is 10.3. The number of carbonyl (C=O) groups excluding carboxylic acids is 1. The number of hydrogen-bond donors (Lipinski definition) is 0. The van der Waals surface area contributed by atoms with Crippen LogP contribution >= 0.6 is 0 Å². The quantitative estimate of drug-likeness (QED) is 0.705. The maximum absolute atomic E-state index is 12.3. The Bertz CT molecular complexity index is 706. The molecule has 26 heavy (non-hydrogen) atoms. The van der Waals surface area contributed by atoms with E-state index in [1.807, 2.05) is 17.0 Å². The number of anilines is 2. The van der Waals surface area contributed by atoms with E-state index in [1.54, 1.807) is 11.0 Å². The van der Waals surface area contributed by atoms with Crippen LogP contribution < -0.4 is 9.80 Å². The zero-order valence-corrected chi connectivity index (χ0v) is 14.6. The van der Waals surface area contributed by atoms with Gasteiger partial charge in [-0.15, -0.1) is 10.2 Å². The molecule has 10 nitrogen and oxygen atoms in total. The molecule has 2 aliphatic rings. The second-order valence-corrected chi connectivity index (χ2v) is 6.31. The van der Waals surface area contributed by atoms with Crippen LogP contribution in [0.2, 0.25) is 0 Å². The van der Waals surface area contributed by atoms with Gasteiger partial charge in [-0.1, -0.05) is 0 Å². The van der Waals surface area contributed by atoms with Crippen LogP contribution in [-0.4, -0.2) is 88.3 Å².